The van der Waals surface area contributed by atoms with Gasteiger partial charge in [-0.05, 0) is 49.8 Å². The van der Waals surface area contributed by atoms with Crippen molar-refractivity contribution in [3.63, 3.8) is 0 Å². The second-order valence-corrected chi connectivity index (χ2v) is 5.05. The summed E-state index contributed by atoms with van der Waals surface area (Å²) in [7, 11) is 1.88. The molecular weight excluding hydrogens is 276 g/mol. The summed E-state index contributed by atoms with van der Waals surface area (Å²) in [5, 5.41) is 5.90. The lowest BCUT2D eigenvalue weighted by Gasteiger charge is -2.08. The summed E-state index contributed by atoms with van der Waals surface area (Å²) >= 11 is 0. The van der Waals surface area contributed by atoms with E-state index in [1.54, 1.807) is 0 Å². The number of carbonyl (C=O) groups is 1. The minimum absolute atomic E-state index is 0.0354. The van der Waals surface area contributed by atoms with Crippen LogP contribution in [0.2, 0.25) is 0 Å². The first-order valence-corrected chi connectivity index (χ1v) is 7.49. The first kappa shape index (κ1) is 16.0. The summed E-state index contributed by atoms with van der Waals surface area (Å²) in [5.41, 5.74) is 1.92. The van der Waals surface area contributed by atoms with E-state index in [1.165, 1.54) is 0 Å². The summed E-state index contributed by atoms with van der Waals surface area (Å²) in [6.45, 7) is 1.39. The SMILES string of the molecule is CNCCCC(=O)Nc1ccc(OCc2ccccc2)cc1. The smallest absolute Gasteiger partial charge is 0.224 e. The van der Waals surface area contributed by atoms with Crippen LogP contribution in [0.25, 0.3) is 0 Å². The highest BCUT2D eigenvalue weighted by atomic mass is 16.5. The highest BCUT2D eigenvalue weighted by Crippen LogP contribution is 2.17. The molecule has 0 aliphatic carbocycles. The first-order valence-electron chi connectivity index (χ1n) is 7.49. The molecule has 0 bridgehead atoms. The molecule has 0 aliphatic heterocycles. The molecule has 2 rings (SSSR count). The average molecular weight is 298 g/mol. The molecule has 2 N–H and O–H groups in total. The number of rotatable bonds is 8. The van der Waals surface area contributed by atoms with E-state index < -0.39 is 0 Å². The predicted molar refractivity (Wildman–Crippen MR) is 89.0 cm³/mol. The lowest BCUT2D eigenvalue weighted by atomic mass is 10.2. The van der Waals surface area contributed by atoms with E-state index in [4.69, 9.17) is 4.74 Å². The van der Waals surface area contributed by atoms with Gasteiger partial charge >= 0.3 is 0 Å². The standard InChI is InChI=1S/C18H22N2O2/c1-19-13-5-8-18(21)20-16-9-11-17(12-10-16)22-14-15-6-3-2-4-7-15/h2-4,6-7,9-12,19H,5,8,13-14H2,1H3,(H,20,21). The van der Waals surface area contributed by atoms with Crippen molar-refractivity contribution in [2.75, 3.05) is 18.9 Å². The van der Waals surface area contributed by atoms with Crippen molar-refractivity contribution in [2.24, 2.45) is 0 Å². The van der Waals surface area contributed by atoms with Gasteiger partial charge in [0.15, 0.2) is 0 Å². The van der Waals surface area contributed by atoms with Crippen molar-refractivity contribution in [1.82, 2.24) is 5.32 Å². The van der Waals surface area contributed by atoms with Gasteiger partial charge in [-0.1, -0.05) is 30.3 Å². The Morgan fingerprint density at radius 2 is 1.77 bits per heavy atom. The minimum Gasteiger partial charge on any atom is -0.489 e. The van der Waals surface area contributed by atoms with E-state index in [0.717, 1.165) is 30.0 Å². The molecule has 4 nitrogen and oxygen atoms in total. The monoisotopic (exact) mass is 298 g/mol. The fraction of sp³-hybridized carbons (Fsp3) is 0.278. The van der Waals surface area contributed by atoms with Crippen LogP contribution in [-0.4, -0.2) is 19.5 Å². The van der Waals surface area contributed by atoms with Crippen molar-refractivity contribution in [2.45, 2.75) is 19.4 Å². The van der Waals surface area contributed by atoms with Crippen molar-refractivity contribution in [1.29, 1.82) is 0 Å². The largest absolute Gasteiger partial charge is 0.489 e. The summed E-state index contributed by atoms with van der Waals surface area (Å²) in [5.74, 6) is 0.824. The zero-order valence-electron chi connectivity index (χ0n) is 12.8. The van der Waals surface area contributed by atoms with E-state index in [-0.39, 0.29) is 5.91 Å². The quantitative estimate of drug-likeness (QED) is 0.736. The number of amides is 1. The van der Waals surface area contributed by atoms with Gasteiger partial charge in [0.05, 0.1) is 0 Å². The highest BCUT2D eigenvalue weighted by molar-refractivity contribution is 5.90. The number of ether oxygens (including phenoxy) is 1. The second kappa shape index (κ2) is 8.85. The van der Waals surface area contributed by atoms with Crippen LogP contribution in [0.4, 0.5) is 5.69 Å². The van der Waals surface area contributed by atoms with E-state index in [2.05, 4.69) is 10.6 Å². The van der Waals surface area contributed by atoms with Crippen LogP contribution in [0.5, 0.6) is 5.75 Å². The summed E-state index contributed by atoms with van der Waals surface area (Å²) < 4.78 is 5.71. The first-order chi connectivity index (χ1) is 10.8. The Morgan fingerprint density at radius 3 is 2.45 bits per heavy atom. The number of nitrogens with one attached hydrogen (secondary N) is 2. The van der Waals surface area contributed by atoms with Gasteiger partial charge in [0.2, 0.25) is 5.91 Å². The van der Waals surface area contributed by atoms with Crippen LogP contribution < -0.4 is 15.4 Å². The van der Waals surface area contributed by atoms with Crippen molar-refractivity contribution >= 4 is 11.6 Å². The minimum atomic E-state index is 0.0354. The van der Waals surface area contributed by atoms with E-state index in [1.807, 2.05) is 61.6 Å². The average Bonchev–Trinajstić information content (AvgIpc) is 2.55. The molecule has 0 spiro atoms. The Morgan fingerprint density at radius 1 is 1.05 bits per heavy atom. The van der Waals surface area contributed by atoms with Gasteiger partial charge in [0.1, 0.15) is 12.4 Å². The summed E-state index contributed by atoms with van der Waals surface area (Å²) in [4.78, 5) is 11.7. The van der Waals surface area contributed by atoms with Crippen molar-refractivity contribution in [3.8, 4) is 5.75 Å². The van der Waals surface area contributed by atoms with E-state index in [0.29, 0.717) is 13.0 Å². The third-order valence-electron chi connectivity index (χ3n) is 3.22. The molecule has 0 aliphatic rings. The van der Waals surface area contributed by atoms with Crippen LogP contribution in [0.3, 0.4) is 0 Å². The molecule has 2 aromatic carbocycles. The van der Waals surface area contributed by atoms with Crippen LogP contribution in [0.1, 0.15) is 18.4 Å². The fourth-order valence-electron chi connectivity index (χ4n) is 2.02. The van der Waals surface area contributed by atoms with Gasteiger partial charge < -0.3 is 15.4 Å². The Balaban J connectivity index is 1.79. The maximum absolute atomic E-state index is 11.7. The van der Waals surface area contributed by atoms with E-state index in [9.17, 15) is 4.79 Å². The Hall–Kier alpha value is -2.33. The molecule has 0 saturated carbocycles. The Bertz CT molecular complexity index is 567. The van der Waals surface area contributed by atoms with Gasteiger partial charge in [-0.2, -0.15) is 0 Å². The lowest BCUT2D eigenvalue weighted by Crippen LogP contribution is -2.15. The zero-order valence-corrected chi connectivity index (χ0v) is 12.8. The van der Waals surface area contributed by atoms with Gasteiger partial charge in [-0.15, -0.1) is 0 Å². The Labute approximate surface area is 131 Å². The Kier molecular flexibility index (Phi) is 6.45. The molecule has 4 heteroatoms. The molecule has 0 radical (unpaired) electrons. The normalized spacial score (nSPS) is 10.2. The predicted octanol–water partition coefficient (Wildman–Crippen LogP) is 3.20. The second-order valence-electron chi connectivity index (χ2n) is 5.05. The molecule has 0 heterocycles. The molecular formula is C18H22N2O2. The number of hydrogen-bond acceptors (Lipinski definition) is 3. The molecule has 2 aromatic rings. The molecule has 1 amide bonds. The van der Waals surface area contributed by atoms with Crippen LogP contribution >= 0.6 is 0 Å². The summed E-state index contributed by atoms with van der Waals surface area (Å²) in [6, 6.07) is 17.5. The van der Waals surface area contributed by atoms with Gasteiger partial charge in [0, 0.05) is 12.1 Å². The van der Waals surface area contributed by atoms with Crippen LogP contribution in [0.15, 0.2) is 54.6 Å². The maximum Gasteiger partial charge on any atom is 0.224 e. The number of anilines is 1. The maximum atomic E-state index is 11.7. The van der Waals surface area contributed by atoms with Gasteiger partial charge in [-0.25, -0.2) is 0 Å². The van der Waals surface area contributed by atoms with Crippen LogP contribution in [0, 0.1) is 0 Å². The molecule has 116 valence electrons. The molecule has 0 fully saturated rings. The van der Waals surface area contributed by atoms with Gasteiger partial charge in [0.25, 0.3) is 0 Å². The number of hydrogen-bond donors (Lipinski definition) is 2. The molecule has 0 aromatic heterocycles. The van der Waals surface area contributed by atoms with Crippen molar-refractivity contribution < 1.29 is 9.53 Å². The molecule has 0 unspecified atom stereocenters. The molecule has 0 saturated heterocycles. The lowest BCUT2D eigenvalue weighted by molar-refractivity contribution is -0.116. The van der Waals surface area contributed by atoms with Gasteiger partial charge in [-0.3, -0.25) is 4.79 Å². The number of benzene rings is 2. The molecule has 22 heavy (non-hydrogen) atoms. The summed E-state index contributed by atoms with van der Waals surface area (Å²) in [6.07, 6.45) is 1.35. The van der Waals surface area contributed by atoms with Crippen molar-refractivity contribution in [3.05, 3.63) is 60.2 Å². The van der Waals surface area contributed by atoms with Crippen LogP contribution in [-0.2, 0) is 11.4 Å². The number of carbonyl (C=O) groups excluding carboxylic acids is 1. The highest BCUT2D eigenvalue weighted by Gasteiger charge is 2.02. The molecule has 0 atom stereocenters. The fourth-order valence-corrected chi connectivity index (χ4v) is 2.02. The zero-order chi connectivity index (χ0) is 15.6. The van der Waals surface area contributed by atoms with E-state index >= 15 is 0 Å². The third kappa shape index (κ3) is 5.58. The topological polar surface area (TPSA) is 50.4 Å². The third-order valence-corrected chi connectivity index (χ3v) is 3.22.